The summed E-state index contributed by atoms with van der Waals surface area (Å²) < 4.78 is 50.7. The maximum Gasteiger partial charge on any atom is 0.472 e. The van der Waals surface area contributed by atoms with Crippen molar-refractivity contribution in [3.8, 4) is 28.4 Å². The Balaban J connectivity index is 1.25. The molecule has 0 radical (unpaired) electrons. The Morgan fingerprint density at radius 3 is 2.75 bits per heavy atom. The van der Waals surface area contributed by atoms with Crippen LogP contribution < -0.4 is 10.1 Å². The van der Waals surface area contributed by atoms with E-state index in [0.717, 1.165) is 11.4 Å². The zero-order valence-corrected chi connectivity index (χ0v) is 26.1. The molecule has 0 unspecified atom stereocenters. The predicted octanol–water partition coefficient (Wildman–Crippen LogP) is 4.88. The zero-order valence-electron chi connectivity index (χ0n) is 22.9. The van der Waals surface area contributed by atoms with E-state index in [-0.39, 0.29) is 17.5 Å². The number of piperidine rings is 1. The number of thiazole rings is 1. The lowest BCUT2D eigenvalue weighted by Gasteiger charge is -2.32. The highest BCUT2D eigenvalue weighted by atomic mass is 35.5. The van der Waals surface area contributed by atoms with E-state index in [0.29, 0.717) is 52.3 Å². The molecule has 1 atom stereocenters. The molecule has 13 nitrogen and oxygen atoms in total. The first-order valence-corrected chi connectivity index (χ1v) is 17.5. The molecule has 230 valence electrons. The Labute approximate surface area is 261 Å². The Bertz CT molecular complexity index is 1950. The smallest absolute Gasteiger partial charge is 0.467 e. The van der Waals surface area contributed by atoms with Crippen LogP contribution in [0, 0.1) is 0 Å². The highest BCUT2D eigenvalue weighted by molar-refractivity contribution is 7.89. The van der Waals surface area contributed by atoms with Crippen LogP contribution in [0.25, 0.3) is 27.6 Å². The molecule has 3 aromatic heterocycles. The van der Waals surface area contributed by atoms with Crippen molar-refractivity contribution in [1.29, 1.82) is 0 Å². The minimum absolute atomic E-state index is 0.192. The molecule has 2 aromatic carbocycles. The molecule has 4 heterocycles. The number of hydrogen-bond donors (Lipinski definition) is 3. The Kier molecular flexibility index (Phi) is 8.72. The minimum Gasteiger partial charge on any atom is -0.467 e. The van der Waals surface area contributed by atoms with Crippen LogP contribution in [-0.2, 0) is 19.1 Å². The number of rotatable bonds is 10. The summed E-state index contributed by atoms with van der Waals surface area (Å²) in [5, 5.41) is 5.69. The number of nitrogens with zero attached hydrogens (tertiary/aromatic N) is 5. The fraction of sp³-hybridized carbons (Fsp3) is 0.222. The number of sulfonamides is 1. The summed E-state index contributed by atoms with van der Waals surface area (Å²) in [5.74, 6) is 0.680. The van der Waals surface area contributed by atoms with E-state index in [1.54, 1.807) is 42.6 Å². The van der Waals surface area contributed by atoms with Gasteiger partial charge in [0, 0.05) is 47.5 Å². The summed E-state index contributed by atoms with van der Waals surface area (Å²) in [5.41, 5.74) is 2.58. The molecule has 6 rings (SSSR count). The number of hydrogen-bond acceptors (Lipinski definition) is 10. The number of nitrogens with one attached hydrogen (secondary N) is 1. The molecule has 0 amide bonds. The SMILES string of the molecule is O=P(O)(O)OCOc1cccc(-c2nc3sccn3c2-c2ccnc(N[C@@H]3CCCN(S(=O)(=O)c4ccc(Cl)cc4)C3)n2)c1. The number of halogens is 1. The van der Waals surface area contributed by atoms with Gasteiger partial charge >= 0.3 is 7.82 Å². The topological polar surface area (TPSA) is 168 Å². The van der Waals surface area contributed by atoms with E-state index in [1.807, 2.05) is 22.0 Å². The van der Waals surface area contributed by atoms with Gasteiger partial charge in [-0.3, -0.25) is 4.40 Å². The van der Waals surface area contributed by atoms with Gasteiger partial charge < -0.3 is 19.8 Å². The second kappa shape index (κ2) is 12.5. The van der Waals surface area contributed by atoms with Gasteiger partial charge in [0.05, 0.1) is 16.3 Å². The van der Waals surface area contributed by atoms with Gasteiger partial charge in [-0.05, 0) is 55.3 Å². The highest BCUT2D eigenvalue weighted by Crippen LogP contribution is 2.37. The maximum atomic E-state index is 13.3. The molecule has 0 bridgehead atoms. The second-order valence-electron chi connectivity index (χ2n) is 9.84. The molecular formula is C27H26ClN6O7PS2. The van der Waals surface area contributed by atoms with Gasteiger partial charge in [-0.25, -0.2) is 32.5 Å². The molecule has 1 fully saturated rings. The van der Waals surface area contributed by atoms with Gasteiger partial charge in [-0.15, -0.1) is 11.3 Å². The molecule has 17 heteroatoms. The van der Waals surface area contributed by atoms with Crippen LogP contribution >= 0.6 is 30.8 Å². The average molecular weight is 677 g/mol. The number of aromatic nitrogens is 4. The molecule has 0 aliphatic carbocycles. The van der Waals surface area contributed by atoms with Gasteiger partial charge in [0.15, 0.2) is 11.8 Å². The van der Waals surface area contributed by atoms with E-state index in [9.17, 15) is 13.0 Å². The lowest BCUT2D eigenvalue weighted by molar-refractivity contribution is 0.0829. The summed E-state index contributed by atoms with van der Waals surface area (Å²) >= 11 is 7.40. The summed E-state index contributed by atoms with van der Waals surface area (Å²) in [6.07, 6.45) is 4.93. The minimum atomic E-state index is -4.67. The number of benzene rings is 2. The van der Waals surface area contributed by atoms with Crippen molar-refractivity contribution in [2.45, 2.75) is 23.8 Å². The number of ether oxygens (including phenoxy) is 1. The summed E-state index contributed by atoms with van der Waals surface area (Å²) in [6.45, 7) is 0.0384. The van der Waals surface area contributed by atoms with Crippen LogP contribution in [-0.4, -0.2) is 67.8 Å². The van der Waals surface area contributed by atoms with Gasteiger partial charge in [-0.1, -0.05) is 23.7 Å². The maximum absolute atomic E-state index is 13.3. The number of anilines is 1. The molecule has 1 aliphatic heterocycles. The molecular weight excluding hydrogens is 651 g/mol. The van der Waals surface area contributed by atoms with E-state index < -0.39 is 24.6 Å². The monoisotopic (exact) mass is 676 g/mol. The molecule has 0 spiro atoms. The third-order valence-electron chi connectivity index (χ3n) is 6.88. The second-order valence-corrected chi connectivity index (χ2v) is 14.3. The van der Waals surface area contributed by atoms with Crippen LogP contribution in [0.5, 0.6) is 5.75 Å². The van der Waals surface area contributed by atoms with Gasteiger partial charge in [0.25, 0.3) is 0 Å². The van der Waals surface area contributed by atoms with Crippen LogP contribution in [0.3, 0.4) is 0 Å². The summed E-state index contributed by atoms with van der Waals surface area (Å²) in [7, 11) is -8.37. The third-order valence-corrected chi connectivity index (χ3v) is 10.2. The molecule has 0 saturated carbocycles. The van der Waals surface area contributed by atoms with Crippen LogP contribution in [0.1, 0.15) is 12.8 Å². The predicted molar refractivity (Wildman–Crippen MR) is 165 cm³/mol. The highest BCUT2D eigenvalue weighted by Gasteiger charge is 2.31. The zero-order chi connectivity index (χ0) is 30.9. The van der Waals surface area contributed by atoms with Gasteiger partial charge in [-0.2, -0.15) is 4.31 Å². The first-order chi connectivity index (χ1) is 21.1. The first kappa shape index (κ1) is 30.6. The van der Waals surface area contributed by atoms with E-state index >= 15 is 0 Å². The fourth-order valence-electron chi connectivity index (χ4n) is 4.90. The van der Waals surface area contributed by atoms with E-state index in [1.165, 1.54) is 27.8 Å². The largest absolute Gasteiger partial charge is 0.472 e. The van der Waals surface area contributed by atoms with Gasteiger partial charge in [0.2, 0.25) is 16.0 Å². The van der Waals surface area contributed by atoms with Crippen molar-refractivity contribution in [2.24, 2.45) is 0 Å². The van der Waals surface area contributed by atoms with Crippen LogP contribution in [0.4, 0.5) is 5.95 Å². The normalized spacial score (nSPS) is 16.3. The van der Waals surface area contributed by atoms with Crippen molar-refractivity contribution in [1.82, 2.24) is 23.7 Å². The average Bonchev–Trinajstić information content (AvgIpc) is 3.59. The molecule has 3 N–H and O–H groups in total. The molecule has 5 aromatic rings. The van der Waals surface area contributed by atoms with E-state index in [4.69, 9.17) is 36.1 Å². The Morgan fingerprint density at radius 2 is 1.95 bits per heavy atom. The summed E-state index contributed by atoms with van der Waals surface area (Å²) in [6, 6.07) is 14.6. The van der Waals surface area contributed by atoms with Crippen molar-refractivity contribution >= 4 is 51.7 Å². The fourth-order valence-corrected chi connectivity index (χ4v) is 7.46. The molecule has 1 saturated heterocycles. The van der Waals surface area contributed by atoms with Gasteiger partial charge in [0.1, 0.15) is 11.4 Å². The van der Waals surface area contributed by atoms with E-state index in [2.05, 4.69) is 14.8 Å². The summed E-state index contributed by atoms with van der Waals surface area (Å²) in [4.78, 5) is 32.8. The van der Waals surface area contributed by atoms with Crippen LogP contribution in [0.15, 0.2) is 77.3 Å². The Hall–Kier alpha value is -3.40. The first-order valence-electron chi connectivity index (χ1n) is 13.3. The van der Waals surface area contributed by atoms with Crippen molar-refractivity contribution < 1.29 is 32.0 Å². The molecule has 44 heavy (non-hydrogen) atoms. The van der Waals surface area contributed by atoms with Crippen molar-refractivity contribution in [2.75, 3.05) is 25.2 Å². The lowest BCUT2D eigenvalue weighted by atomic mass is 10.1. The third kappa shape index (κ3) is 6.80. The quantitative estimate of drug-likeness (QED) is 0.136. The molecule has 1 aliphatic rings. The Morgan fingerprint density at radius 1 is 1.14 bits per heavy atom. The van der Waals surface area contributed by atoms with Crippen molar-refractivity contribution in [3.05, 3.63) is 77.4 Å². The standard InChI is InChI=1S/C27H26ClN6O7PS2/c28-19-6-8-22(9-7-19)44(38,39)33-12-2-4-20(16-33)30-26-29-11-10-23(31-26)25-24(32-27-34(25)13-14-43-27)18-3-1-5-21(15-18)40-17-41-42(35,36)37/h1,3,5-11,13-15,20H,2,4,12,16-17H2,(H,29,30,31)(H2,35,36,37)/t20-/m1/s1. The number of fused-ring (bicyclic) bond motifs is 1. The number of phosphoric acid groups is 1. The number of imidazole rings is 1. The number of phosphoric ester groups is 1. The van der Waals surface area contributed by atoms with Crippen molar-refractivity contribution in [3.63, 3.8) is 0 Å². The lowest BCUT2D eigenvalue weighted by Crippen LogP contribution is -2.45. The van der Waals surface area contributed by atoms with Crippen LogP contribution in [0.2, 0.25) is 5.02 Å².